The second kappa shape index (κ2) is 9.96. The fourth-order valence-corrected chi connectivity index (χ4v) is 6.25. The Labute approximate surface area is 233 Å². The van der Waals surface area contributed by atoms with Gasteiger partial charge in [0.1, 0.15) is 16.9 Å². The average Bonchev–Trinajstić information content (AvgIpc) is 3.81. The predicted molar refractivity (Wildman–Crippen MR) is 150 cm³/mol. The van der Waals surface area contributed by atoms with E-state index in [1.54, 1.807) is 56.8 Å². The number of aromatic nitrogens is 1. The highest BCUT2D eigenvalue weighted by molar-refractivity contribution is 6.13. The number of benzene rings is 2. The molecule has 0 unspecified atom stereocenters. The minimum absolute atomic E-state index is 0.0297. The summed E-state index contributed by atoms with van der Waals surface area (Å²) >= 11 is 0. The maximum absolute atomic E-state index is 13.3. The van der Waals surface area contributed by atoms with E-state index in [-0.39, 0.29) is 29.4 Å². The van der Waals surface area contributed by atoms with Crippen LogP contribution in [0.3, 0.4) is 0 Å². The van der Waals surface area contributed by atoms with E-state index < -0.39 is 5.41 Å². The summed E-state index contributed by atoms with van der Waals surface area (Å²) < 4.78 is 16.9. The third-order valence-electron chi connectivity index (χ3n) is 9.28. The zero-order valence-electron chi connectivity index (χ0n) is 22.9. The number of carbonyl (C=O) groups excluding carboxylic acids is 2. The Morgan fingerprint density at radius 2 is 1.50 bits per heavy atom. The maximum Gasteiger partial charge on any atom is 0.240 e. The molecule has 4 saturated carbocycles. The fourth-order valence-electron chi connectivity index (χ4n) is 6.25. The lowest BCUT2D eigenvalue weighted by Gasteiger charge is -2.53. The van der Waals surface area contributed by atoms with E-state index in [0.29, 0.717) is 47.0 Å². The van der Waals surface area contributed by atoms with Crippen molar-refractivity contribution in [2.24, 2.45) is 10.8 Å². The number of hydrogen-bond donors (Lipinski definition) is 3. The number of methoxy groups -OCH3 is 2. The lowest BCUT2D eigenvalue weighted by atomic mass is 9.57. The van der Waals surface area contributed by atoms with Crippen LogP contribution in [0.2, 0.25) is 0 Å². The van der Waals surface area contributed by atoms with E-state index in [0.717, 1.165) is 43.9 Å². The molecule has 4 aliphatic carbocycles. The number of fused-ring (bicyclic) bond motifs is 4. The van der Waals surface area contributed by atoms with E-state index in [4.69, 9.17) is 14.2 Å². The van der Waals surface area contributed by atoms with E-state index in [1.165, 1.54) is 0 Å². The Morgan fingerprint density at radius 3 is 2.10 bits per heavy atom. The van der Waals surface area contributed by atoms with Gasteiger partial charge in [0.05, 0.1) is 19.7 Å². The molecule has 7 rings (SSSR count). The fraction of sp³-hybridized carbons (Fsp3) is 0.452. The van der Waals surface area contributed by atoms with Gasteiger partial charge in [-0.15, -0.1) is 0 Å². The molecule has 3 N–H and O–H groups in total. The van der Waals surface area contributed by atoms with Gasteiger partial charge in [-0.25, -0.2) is 0 Å². The predicted octanol–water partition coefficient (Wildman–Crippen LogP) is 4.96. The summed E-state index contributed by atoms with van der Waals surface area (Å²) in [5.41, 5.74) is 0.0874. The first kappa shape index (κ1) is 26.4. The molecule has 0 spiro atoms. The summed E-state index contributed by atoms with van der Waals surface area (Å²) in [6.45, 7) is 0.219. The molecule has 210 valence electrons. The van der Waals surface area contributed by atoms with Crippen molar-refractivity contribution in [2.45, 2.75) is 56.9 Å². The SMILES string of the molecule is COc1cc2nccc(Oc3ccc(NC(=O)C4(C(=O)NC56CCC(CO)(CC5)CC6)CC4)cc3)c2cc1OC. The highest BCUT2D eigenvalue weighted by atomic mass is 16.5. The van der Waals surface area contributed by atoms with Crippen molar-refractivity contribution in [3.63, 3.8) is 0 Å². The summed E-state index contributed by atoms with van der Waals surface area (Å²) in [4.78, 5) is 31.0. The van der Waals surface area contributed by atoms with Gasteiger partial charge >= 0.3 is 0 Å². The molecule has 2 amide bonds. The summed E-state index contributed by atoms with van der Waals surface area (Å²) in [6, 6.07) is 12.5. The first-order valence-electron chi connectivity index (χ1n) is 13.9. The van der Waals surface area contributed by atoms with Crippen molar-refractivity contribution in [3.05, 3.63) is 48.7 Å². The average molecular weight is 546 g/mol. The molecular weight excluding hydrogens is 510 g/mol. The molecule has 0 saturated heterocycles. The zero-order chi connectivity index (χ0) is 28.0. The molecule has 4 fully saturated rings. The summed E-state index contributed by atoms with van der Waals surface area (Å²) in [5, 5.41) is 16.8. The first-order chi connectivity index (χ1) is 19.3. The van der Waals surface area contributed by atoms with E-state index in [1.807, 2.05) is 6.07 Å². The number of carbonyl (C=O) groups is 2. The van der Waals surface area contributed by atoms with Gasteiger partial charge in [-0.3, -0.25) is 14.6 Å². The molecule has 0 aliphatic heterocycles. The molecular formula is C31H35N3O6. The lowest BCUT2D eigenvalue weighted by Crippen LogP contribution is -2.59. The van der Waals surface area contributed by atoms with Crippen molar-refractivity contribution in [1.29, 1.82) is 0 Å². The van der Waals surface area contributed by atoms with Gasteiger partial charge in [-0.1, -0.05) is 0 Å². The van der Waals surface area contributed by atoms with E-state index in [2.05, 4.69) is 15.6 Å². The first-order valence-corrected chi connectivity index (χ1v) is 13.9. The van der Waals surface area contributed by atoms with Crippen LogP contribution in [0.15, 0.2) is 48.7 Å². The number of aliphatic hydroxyl groups is 1. The van der Waals surface area contributed by atoms with Gasteiger partial charge in [-0.2, -0.15) is 0 Å². The maximum atomic E-state index is 13.3. The standard InChI is InChI=1S/C31H35N3O6/c1-38-25-17-22-23(18-26(25)39-2)32-16-7-24(22)40-21-5-3-20(4-6-21)33-27(36)31(14-15-31)28(37)34-30-11-8-29(19-35,9-12-30)10-13-30/h3-7,16-18,35H,8-15,19H2,1-2H3,(H,33,36)(H,34,37). The zero-order valence-corrected chi connectivity index (χ0v) is 22.9. The molecule has 9 heteroatoms. The van der Waals surface area contributed by atoms with Crippen LogP contribution in [-0.4, -0.2) is 48.3 Å². The Bertz CT molecular complexity index is 1420. The summed E-state index contributed by atoms with van der Waals surface area (Å²) in [5.74, 6) is 1.92. The smallest absolute Gasteiger partial charge is 0.240 e. The van der Waals surface area contributed by atoms with Crippen molar-refractivity contribution >= 4 is 28.4 Å². The van der Waals surface area contributed by atoms with Gasteiger partial charge in [0.15, 0.2) is 11.5 Å². The van der Waals surface area contributed by atoms with Crippen LogP contribution >= 0.6 is 0 Å². The van der Waals surface area contributed by atoms with Crippen LogP contribution in [0.1, 0.15) is 51.4 Å². The third kappa shape index (κ3) is 4.62. The highest BCUT2D eigenvalue weighted by Gasteiger charge is 2.59. The Kier molecular flexibility index (Phi) is 6.57. The van der Waals surface area contributed by atoms with Crippen molar-refractivity contribution < 1.29 is 28.9 Å². The van der Waals surface area contributed by atoms with Gasteiger partial charge in [0.2, 0.25) is 11.8 Å². The lowest BCUT2D eigenvalue weighted by molar-refractivity contribution is -0.137. The Hall–Kier alpha value is -3.85. The molecule has 9 nitrogen and oxygen atoms in total. The molecule has 40 heavy (non-hydrogen) atoms. The van der Waals surface area contributed by atoms with E-state index in [9.17, 15) is 14.7 Å². The van der Waals surface area contributed by atoms with Gasteiger partial charge in [0.25, 0.3) is 0 Å². The van der Waals surface area contributed by atoms with Crippen molar-refractivity contribution in [3.8, 4) is 23.0 Å². The normalized spacial score (nSPS) is 24.3. The number of nitrogens with zero attached hydrogens (tertiary/aromatic N) is 1. The minimum Gasteiger partial charge on any atom is -0.493 e. The second-order valence-electron chi connectivity index (χ2n) is 11.6. The molecule has 2 aromatic carbocycles. The summed E-state index contributed by atoms with van der Waals surface area (Å²) in [7, 11) is 3.16. The summed E-state index contributed by atoms with van der Waals surface area (Å²) in [6.07, 6.45) is 8.14. The molecule has 0 radical (unpaired) electrons. The molecule has 3 aromatic rings. The topological polar surface area (TPSA) is 119 Å². The van der Waals surface area contributed by atoms with Crippen molar-refractivity contribution in [2.75, 3.05) is 26.1 Å². The van der Waals surface area contributed by atoms with E-state index >= 15 is 0 Å². The largest absolute Gasteiger partial charge is 0.493 e. The molecule has 2 bridgehead atoms. The number of ether oxygens (including phenoxy) is 3. The highest BCUT2D eigenvalue weighted by Crippen LogP contribution is 2.54. The third-order valence-corrected chi connectivity index (χ3v) is 9.28. The Balaban J connectivity index is 1.11. The van der Waals surface area contributed by atoms with Crippen LogP contribution in [0.5, 0.6) is 23.0 Å². The number of rotatable bonds is 9. The number of anilines is 1. The van der Waals surface area contributed by atoms with Gasteiger partial charge in [-0.05, 0) is 93.2 Å². The Morgan fingerprint density at radius 1 is 0.850 bits per heavy atom. The molecule has 1 aromatic heterocycles. The van der Waals surface area contributed by atoms with Crippen LogP contribution in [0.25, 0.3) is 10.9 Å². The van der Waals surface area contributed by atoms with Crippen LogP contribution < -0.4 is 24.8 Å². The number of pyridine rings is 1. The molecule has 0 atom stereocenters. The minimum atomic E-state index is -1.01. The number of nitrogens with one attached hydrogen (secondary N) is 2. The van der Waals surface area contributed by atoms with Crippen LogP contribution in [0, 0.1) is 10.8 Å². The second-order valence-corrected chi connectivity index (χ2v) is 11.6. The van der Waals surface area contributed by atoms with Gasteiger partial charge in [0, 0.05) is 35.5 Å². The van der Waals surface area contributed by atoms with Crippen LogP contribution in [0.4, 0.5) is 5.69 Å². The van der Waals surface area contributed by atoms with Crippen LogP contribution in [-0.2, 0) is 9.59 Å². The monoisotopic (exact) mass is 545 g/mol. The quantitative estimate of drug-likeness (QED) is 0.325. The van der Waals surface area contributed by atoms with Gasteiger partial charge < -0.3 is 30.0 Å². The van der Waals surface area contributed by atoms with Crippen molar-refractivity contribution in [1.82, 2.24) is 10.3 Å². The molecule has 1 heterocycles. The molecule has 4 aliphatic rings. The number of aliphatic hydroxyl groups excluding tert-OH is 1. The number of amides is 2. The number of hydrogen-bond acceptors (Lipinski definition) is 7.